The van der Waals surface area contributed by atoms with Crippen LogP contribution in [0.3, 0.4) is 0 Å². The van der Waals surface area contributed by atoms with Gasteiger partial charge in [0.15, 0.2) is 0 Å². The average molecular weight is 425 g/mol. The first-order chi connectivity index (χ1) is 15.0. The topological polar surface area (TPSA) is 49.4 Å². The predicted octanol–water partition coefficient (Wildman–Crippen LogP) is 4.93. The van der Waals surface area contributed by atoms with Gasteiger partial charge in [-0.1, -0.05) is 68.1 Å². The molecule has 2 amide bonds. The highest BCUT2D eigenvalue weighted by atomic mass is 19.1. The van der Waals surface area contributed by atoms with E-state index in [1.807, 2.05) is 38.1 Å². The number of hydrogen-bond donors (Lipinski definition) is 1. The van der Waals surface area contributed by atoms with Crippen LogP contribution in [0.2, 0.25) is 0 Å². The number of halogens is 1. The minimum atomic E-state index is -0.532. The quantitative estimate of drug-likeness (QED) is 0.653. The molecule has 5 heteroatoms. The number of benzene rings is 2. The highest BCUT2D eigenvalue weighted by Gasteiger charge is 2.30. The van der Waals surface area contributed by atoms with E-state index in [1.165, 1.54) is 18.6 Å². The maximum Gasteiger partial charge on any atom is 0.243 e. The number of nitrogens with zero attached hydrogens (tertiary/aromatic N) is 1. The standard InChI is InChI=1S/C26H33FN2O2/c1-3-24(26(31)28-23-10-5-4-6-11-23)29(18-21-9-7-8-19(2)16-21)25(30)17-20-12-14-22(27)15-13-20/h7-9,12-16,23-24H,3-6,10-11,17-18H2,1-2H3,(H,28,31)/t24-/m0/s1. The SMILES string of the molecule is CC[C@@H](C(=O)NC1CCCCC1)N(Cc1cccc(C)c1)C(=O)Cc1ccc(F)cc1. The van der Waals surface area contributed by atoms with Crippen molar-refractivity contribution in [2.75, 3.05) is 0 Å². The lowest BCUT2D eigenvalue weighted by Crippen LogP contribution is -2.51. The van der Waals surface area contributed by atoms with E-state index in [4.69, 9.17) is 0 Å². The second-order valence-corrected chi connectivity index (χ2v) is 8.58. The van der Waals surface area contributed by atoms with Crippen molar-refractivity contribution in [1.29, 1.82) is 0 Å². The third-order valence-corrected chi connectivity index (χ3v) is 6.04. The Hall–Kier alpha value is -2.69. The van der Waals surface area contributed by atoms with Crippen molar-refractivity contribution in [3.63, 3.8) is 0 Å². The second kappa shape index (κ2) is 11.1. The third kappa shape index (κ3) is 6.65. The summed E-state index contributed by atoms with van der Waals surface area (Å²) >= 11 is 0. The Balaban J connectivity index is 1.80. The summed E-state index contributed by atoms with van der Waals surface area (Å²) in [7, 11) is 0. The number of nitrogens with one attached hydrogen (secondary N) is 1. The van der Waals surface area contributed by atoms with Crippen LogP contribution in [-0.4, -0.2) is 28.8 Å². The average Bonchev–Trinajstić information content (AvgIpc) is 2.76. The molecule has 0 radical (unpaired) electrons. The minimum absolute atomic E-state index is 0.0745. The van der Waals surface area contributed by atoms with Crippen LogP contribution in [0.25, 0.3) is 0 Å². The Bertz CT molecular complexity index is 875. The molecule has 0 heterocycles. The molecule has 1 saturated carbocycles. The Morgan fingerprint density at radius 2 is 1.77 bits per heavy atom. The molecule has 3 rings (SSSR count). The Kier molecular flexibility index (Phi) is 8.21. The number of carbonyl (C=O) groups is 2. The molecule has 0 saturated heterocycles. The summed E-state index contributed by atoms with van der Waals surface area (Å²) in [5.74, 6) is -0.528. The van der Waals surface area contributed by atoms with Crippen LogP contribution in [0.15, 0.2) is 48.5 Å². The van der Waals surface area contributed by atoms with E-state index >= 15 is 0 Å². The molecule has 31 heavy (non-hydrogen) atoms. The monoisotopic (exact) mass is 424 g/mol. The zero-order chi connectivity index (χ0) is 22.2. The molecule has 4 nitrogen and oxygen atoms in total. The summed E-state index contributed by atoms with van der Waals surface area (Å²) in [5.41, 5.74) is 2.85. The van der Waals surface area contributed by atoms with Crippen molar-refractivity contribution in [2.45, 2.75) is 77.4 Å². The van der Waals surface area contributed by atoms with Gasteiger partial charge in [-0.15, -0.1) is 0 Å². The van der Waals surface area contributed by atoms with Gasteiger partial charge in [0, 0.05) is 12.6 Å². The van der Waals surface area contributed by atoms with Crippen molar-refractivity contribution in [3.05, 3.63) is 71.0 Å². The lowest BCUT2D eigenvalue weighted by Gasteiger charge is -2.33. The number of aryl methyl sites for hydroxylation is 1. The molecule has 2 aromatic carbocycles. The molecule has 0 aromatic heterocycles. The number of carbonyl (C=O) groups excluding carboxylic acids is 2. The molecule has 0 spiro atoms. The minimum Gasteiger partial charge on any atom is -0.352 e. The van der Waals surface area contributed by atoms with Crippen LogP contribution in [-0.2, 0) is 22.6 Å². The van der Waals surface area contributed by atoms with Crippen LogP contribution in [0.5, 0.6) is 0 Å². The van der Waals surface area contributed by atoms with Gasteiger partial charge in [-0.25, -0.2) is 4.39 Å². The number of amides is 2. The predicted molar refractivity (Wildman–Crippen MR) is 121 cm³/mol. The van der Waals surface area contributed by atoms with E-state index in [0.717, 1.165) is 42.4 Å². The van der Waals surface area contributed by atoms with E-state index in [-0.39, 0.29) is 30.1 Å². The van der Waals surface area contributed by atoms with Gasteiger partial charge >= 0.3 is 0 Å². The van der Waals surface area contributed by atoms with Gasteiger partial charge in [0.2, 0.25) is 11.8 Å². The fourth-order valence-corrected chi connectivity index (χ4v) is 4.35. The Morgan fingerprint density at radius 1 is 1.06 bits per heavy atom. The fraction of sp³-hybridized carbons (Fsp3) is 0.462. The smallest absolute Gasteiger partial charge is 0.243 e. The van der Waals surface area contributed by atoms with Crippen molar-refractivity contribution >= 4 is 11.8 Å². The summed E-state index contributed by atoms with van der Waals surface area (Å²) in [4.78, 5) is 28.2. The molecular formula is C26H33FN2O2. The Labute approximate surface area is 184 Å². The van der Waals surface area contributed by atoms with Crippen molar-refractivity contribution in [2.24, 2.45) is 0 Å². The zero-order valence-electron chi connectivity index (χ0n) is 18.6. The molecule has 166 valence electrons. The summed E-state index contributed by atoms with van der Waals surface area (Å²) in [6.45, 7) is 4.33. The maximum absolute atomic E-state index is 13.3. The second-order valence-electron chi connectivity index (χ2n) is 8.58. The van der Waals surface area contributed by atoms with E-state index in [1.54, 1.807) is 17.0 Å². The molecular weight excluding hydrogens is 391 g/mol. The Morgan fingerprint density at radius 3 is 2.42 bits per heavy atom. The molecule has 1 N–H and O–H groups in total. The summed E-state index contributed by atoms with van der Waals surface area (Å²) in [6, 6.07) is 13.7. The van der Waals surface area contributed by atoms with E-state index in [0.29, 0.717) is 13.0 Å². The van der Waals surface area contributed by atoms with Gasteiger partial charge < -0.3 is 10.2 Å². The van der Waals surface area contributed by atoms with E-state index in [9.17, 15) is 14.0 Å². The highest BCUT2D eigenvalue weighted by molar-refractivity contribution is 5.88. The van der Waals surface area contributed by atoms with Gasteiger partial charge in [-0.05, 0) is 49.4 Å². The highest BCUT2D eigenvalue weighted by Crippen LogP contribution is 2.20. The van der Waals surface area contributed by atoms with Crippen molar-refractivity contribution in [1.82, 2.24) is 10.2 Å². The number of hydrogen-bond acceptors (Lipinski definition) is 2. The first kappa shape index (κ1) is 23.0. The van der Waals surface area contributed by atoms with Crippen LogP contribution in [0.4, 0.5) is 4.39 Å². The fourth-order valence-electron chi connectivity index (χ4n) is 4.35. The van der Waals surface area contributed by atoms with Gasteiger partial charge in [-0.3, -0.25) is 9.59 Å². The van der Waals surface area contributed by atoms with Crippen LogP contribution < -0.4 is 5.32 Å². The molecule has 2 aromatic rings. The van der Waals surface area contributed by atoms with Crippen molar-refractivity contribution < 1.29 is 14.0 Å². The molecule has 1 fully saturated rings. The summed E-state index contributed by atoms with van der Waals surface area (Å²) < 4.78 is 13.3. The summed E-state index contributed by atoms with van der Waals surface area (Å²) in [6.07, 6.45) is 6.18. The third-order valence-electron chi connectivity index (χ3n) is 6.04. The lowest BCUT2D eigenvalue weighted by molar-refractivity contribution is -0.141. The molecule has 1 aliphatic rings. The summed E-state index contributed by atoms with van der Waals surface area (Å²) in [5, 5.41) is 3.19. The molecule has 1 atom stereocenters. The van der Waals surface area contributed by atoms with Crippen molar-refractivity contribution in [3.8, 4) is 0 Å². The van der Waals surface area contributed by atoms with Gasteiger partial charge in [0.05, 0.1) is 6.42 Å². The molecule has 0 unspecified atom stereocenters. The zero-order valence-corrected chi connectivity index (χ0v) is 18.6. The first-order valence-electron chi connectivity index (χ1n) is 11.4. The van der Waals surface area contributed by atoms with Crippen LogP contribution >= 0.6 is 0 Å². The molecule has 1 aliphatic carbocycles. The normalized spacial score (nSPS) is 15.3. The maximum atomic E-state index is 13.3. The van der Waals surface area contributed by atoms with Crippen LogP contribution in [0.1, 0.15) is 62.1 Å². The largest absolute Gasteiger partial charge is 0.352 e. The molecule has 0 bridgehead atoms. The van der Waals surface area contributed by atoms with Gasteiger partial charge in [0.25, 0.3) is 0 Å². The van der Waals surface area contributed by atoms with E-state index in [2.05, 4.69) is 5.32 Å². The van der Waals surface area contributed by atoms with Gasteiger partial charge in [-0.2, -0.15) is 0 Å². The van der Waals surface area contributed by atoms with E-state index < -0.39 is 6.04 Å². The lowest BCUT2D eigenvalue weighted by atomic mass is 9.95. The van der Waals surface area contributed by atoms with Gasteiger partial charge in [0.1, 0.15) is 11.9 Å². The van der Waals surface area contributed by atoms with Crippen LogP contribution in [0, 0.1) is 12.7 Å². The molecule has 0 aliphatic heterocycles. The number of rotatable bonds is 8. The first-order valence-corrected chi connectivity index (χ1v) is 11.4.